The number of fused-ring (bicyclic) bond motifs is 1. The Hall–Kier alpha value is -4.03. The van der Waals surface area contributed by atoms with E-state index in [9.17, 15) is 22.4 Å². The topological polar surface area (TPSA) is 132 Å². The minimum absolute atomic E-state index is 0.00627. The Morgan fingerprint density at radius 1 is 1.20 bits per heavy atom. The van der Waals surface area contributed by atoms with E-state index in [1.807, 2.05) is 0 Å². The normalized spacial score (nSPS) is 17.2. The van der Waals surface area contributed by atoms with E-state index < -0.39 is 21.8 Å². The molecule has 1 saturated carbocycles. The third-order valence-corrected chi connectivity index (χ3v) is 8.83. The molecule has 2 heterocycles. The molecule has 1 aliphatic rings. The van der Waals surface area contributed by atoms with Crippen LogP contribution in [0.15, 0.2) is 64.7 Å². The summed E-state index contributed by atoms with van der Waals surface area (Å²) >= 11 is 5.98. The van der Waals surface area contributed by atoms with Crippen LogP contribution >= 0.6 is 11.6 Å². The van der Waals surface area contributed by atoms with Crippen molar-refractivity contribution < 1.29 is 22.3 Å². The fourth-order valence-corrected chi connectivity index (χ4v) is 6.01. The Morgan fingerprint density at radius 3 is 2.63 bits per heavy atom. The number of rotatable bonds is 9. The lowest BCUT2D eigenvalue weighted by Crippen LogP contribution is -2.35. The van der Waals surface area contributed by atoms with Crippen molar-refractivity contribution in [2.45, 2.75) is 37.8 Å². The highest BCUT2D eigenvalue weighted by Crippen LogP contribution is 2.32. The van der Waals surface area contributed by atoms with Crippen molar-refractivity contribution in [2.75, 3.05) is 11.8 Å². The van der Waals surface area contributed by atoms with Crippen LogP contribution in [0.4, 0.5) is 10.1 Å². The van der Waals surface area contributed by atoms with Gasteiger partial charge in [-0.3, -0.25) is 18.9 Å². The van der Waals surface area contributed by atoms with Crippen LogP contribution in [0.2, 0.25) is 5.02 Å². The van der Waals surface area contributed by atoms with Gasteiger partial charge in [0.15, 0.2) is 0 Å². The lowest BCUT2D eigenvalue weighted by atomic mass is 10.0. The molecular weight excluding hydrogens is 573 g/mol. The van der Waals surface area contributed by atoms with Crippen molar-refractivity contribution in [3.63, 3.8) is 0 Å². The largest absolute Gasteiger partial charge is 0.480 e. The molecular formula is C28H27ClFN5O5S. The maximum atomic E-state index is 13.5. The van der Waals surface area contributed by atoms with Crippen molar-refractivity contribution in [3.8, 4) is 17.0 Å². The summed E-state index contributed by atoms with van der Waals surface area (Å²) < 4.78 is 48.6. The third-order valence-electron chi connectivity index (χ3n) is 6.98. The molecule has 0 saturated heterocycles. The molecule has 3 unspecified atom stereocenters. The smallest absolute Gasteiger partial charge is 0.263 e. The van der Waals surface area contributed by atoms with Gasteiger partial charge in [0.2, 0.25) is 11.8 Å². The number of aromatic nitrogens is 3. The van der Waals surface area contributed by atoms with Crippen LogP contribution in [0.3, 0.4) is 0 Å². The molecule has 0 spiro atoms. The molecule has 0 aliphatic heterocycles. The van der Waals surface area contributed by atoms with Crippen LogP contribution in [0, 0.1) is 17.7 Å². The summed E-state index contributed by atoms with van der Waals surface area (Å²) in [5.74, 6) is -0.752. The molecule has 5 rings (SSSR count). The van der Waals surface area contributed by atoms with Gasteiger partial charge in [-0.1, -0.05) is 31.5 Å². The SMILES string of the molecule is COc1ncc(-c2ccc3ncn(CC(C)C(=O)NC4CC4C)c(=O)c3c2)cc1NS(=O)(=O)c1ccc(F)cc1Cl. The van der Waals surface area contributed by atoms with Gasteiger partial charge in [0.05, 0.1) is 35.3 Å². The summed E-state index contributed by atoms with van der Waals surface area (Å²) in [6.45, 7) is 4.00. The number of nitrogens with one attached hydrogen (secondary N) is 2. The summed E-state index contributed by atoms with van der Waals surface area (Å²) in [5, 5.41) is 3.03. The van der Waals surface area contributed by atoms with Gasteiger partial charge >= 0.3 is 0 Å². The standard InChI is InChI=1S/C28H27ClFN5O5S/c1-15-8-23(15)33-26(36)16(2)13-35-14-32-22-6-4-17(9-20(22)28(35)37)18-10-24(27(40-3)31-12-18)34-41(38,39)25-7-5-19(30)11-21(25)29/h4-7,9-12,14-16,23,34H,8,13H2,1-3H3,(H,33,36). The fraction of sp³-hybridized carbons (Fsp3) is 0.286. The zero-order chi connectivity index (χ0) is 29.5. The Kier molecular flexibility index (Phi) is 7.71. The van der Waals surface area contributed by atoms with Gasteiger partial charge in [-0.2, -0.15) is 0 Å². The number of methoxy groups -OCH3 is 1. The molecule has 4 aromatic rings. The zero-order valence-corrected chi connectivity index (χ0v) is 24.0. The maximum absolute atomic E-state index is 13.5. The predicted octanol–water partition coefficient (Wildman–Crippen LogP) is 4.22. The Morgan fingerprint density at radius 2 is 1.95 bits per heavy atom. The summed E-state index contributed by atoms with van der Waals surface area (Å²) in [5.41, 5.74) is 1.21. The highest BCUT2D eigenvalue weighted by atomic mass is 35.5. The van der Waals surface area contributed by atoms with E-state index in [1.54, 1.807) is 25.1 Å². The van der Waals surface area contributed by atoms with Crippen molar-refractivity contribution in [1.82, 2.24) is 19.9 Å². The second-order valence-electron chi connectivity index (χ2n) is 10.1. The molecule has 0 radical (unpaired) electrons. The van der Waals surface area contributed by atoms with Crippen LogP contribution in [0.5, 0.6) is 5.88 Å². The number of nitrogens with zero attached hydrogens (tertiary/aromatic N) is 3. The number of carbonyl (C=O) groups excluding carboxylic acids is 1. The Bertz CT molecular complexity index is 1830. The molecule has 13 heteroatoms. The highest BCUT2D eigenvalue weighted by Gasteiger charge is 2.34. The van der Waals surface area contributed by atoms with E-state index >= 15 is 0 Å². The lowest BCUT2D eigenvalue weighted by Gasteiger charge is -2.15. The molecule has 10 nitrogen and oxygen atoms in total. The molecule has 2 aromatic heterocycles. The van der Waals surface area contributed by atoms with Crippen LogP contribution < -0.4 is 20.3 Å². The number of carbonyl (C=O) groups is 1. The van der Waals surface area contributed by atoms with Gasteiger partial charge in [-0.15, -0.1) is 0 Å². The van der Waals surface area contributed by atoms with Crippen molar-refractivity contribution >= 4 is 44.1 Å². The molecule has 2 aromatic carbocycles. The fourth-order valence-electron chi connectivity index (χ4n) is 4.43. The summed E-state index contributed by atoms with van der Waals surface area (Å²) in [7, 11) is -2.89. The van der Waals surface area contributed by atoms with Gasteiger partial charge in [-0.25, -0.2) is 22.8 Å². The van der Waals surface area contributed by atoms with Crippen LogP contribution in [0.1, 0.15) is 20.3 Å². The van der Waals surface area contributed by atoms with E-state index in [0.717, 1.165) is 24.6 Å². The molecule has 0 bridgehead atoms. The first-order valence-corrected chi connectivity index (χ1v) is 14.6. The molecule has 1 aliphatic carbocycles. The maximum Gasteiger partial charge on any atom is 0.263 e. The zero-order valence-electron chi connectivity index (χ0n) is 22.4. The Balaban J connectivity index is 1.45. The van der Waals surface area contributed by atoms with Crippen molar-refractivity contribution in [1.29, 1.82) is 0 Å². The number of hydrogen-bond acceptors (Lipinski definition) is 7. The molecule has 2 N–H and O–H groups in total. The summed E-state index contributed by atoms with van der Waals surface area (Å²) in [6, 6.07) is 9.68. The average Bonchev–Trinajstić information content (AvgIpc) is 3.63. The van der Waals surface area contributed by atoms with Gasteiger partial charge in [0, 0.05) is 24.3 Å². The van der Waals surface area contributed by atoms with E-state index in [4.69, 9.17) is 16.3 Å². The van der Waals surface area contributed by atoms with Gasteiger partial charge in [0.25, 0.3) is 15.6 Å². The van der Waals surface area contributed by atoms with Gasteiger partial charge in [-0.05, 0) is 54.3 Å². The molecule has 3 atom stereocenters. The number of sulfonamides is 1. The Labute approximate surface area is 240 Å². The predicted molar refractivity (Wildman–Crippen MR) is 153 cm³/mol. The second kappa shape index (κ2) is 11.1. The van der Waals surface area contributed by atoms with Crippen LogP contribution in [-0.4, -0.2) is 42.0 Å². The first-order valence-electron chi connectivity index (χ1n) is 12.8. The first kappa shape index (κ1) is 28.5. The molecule has 1 amide bonds. The first-order chi connectivity index (χ1) is 19.5. The third kappa shape index (κ3) is 6.03. The quantitative estimate of drug-likeness (QED) is 0.294. The van der Waals surface area contributed by atoms with Gasteiger partial charge < -0.3 is 10.1 Å². The minimum atomic E-state index is -4.23. The summed E-state index contributed by atoms with van der Waals surface area (Å²) in [6.07, 6.45) is 3.86. The molecule has 1 fully saturated rings. The highest BCUT2D eigenvalue weighted by molar-refractivity contribution is 7.92. The van der Waals surface area contributed by atoms with Crippen molar-refractivity contribution in [2.24, 2.45) is 11.8 Å². The van der Waals surface area contributed by atoms with E-state index in [0.29, 0.717) is 27.9 Å². The minimum Gasteiger partial charge on any atom is -0.480 e. The monoisotopic (exact) mass is 599 g/mol. The lowest BCUT2D eigenvalue weighted by molar-refractivity contribution is -0.125. The van der Waals surface area contributed by atoms with E-state index in [2.05, 4.69) is 26.9 Å². The van der Waals surface area contributed by atoms with Crippen LogP contribution in [0.25, 0.3) is 22.0 Å². The van der Waals surface area contributed by atoms with Gasteiger partial charge in [0.1, 0.15) is 16.4 Å². The summed E-state index contributed by atoms with van der Waals surface area (Å²) in [4.78, 5) is 34.2. The van der Waals surface area contributed by atoms with E-state index in [-0.39, 0.29) is 45.5 Å². The number of hydrogen-bond donors (Lipinski definition) is 2. The van der Waals surface area contributed by atoms with Crippen molar-refractivity contribution in [3.05, 3.63) is 76.2 Å². The number of pyridine rings is 1. The second-order valence-corrected chi connectivity index (χ2v) is 12.2. The number of ether oxygens (including phenoxy) is 1. The molecule has 41 heavy (non-hydrogen) atoms. The number of benzene rings is 2. The number of halogens is 2. The number of amides is 1. The van der Waals surface area contributed by atoms with E-state index in [1.165, 1.54) is 30.3 Å². The van der Waals surface area contributed by atoms with Crippen LogP contribution in [-0.2, 0) is 21.4 Å². The average molecular weight is 600 g/mol. The number of anilines is 1. The molecule has 214 valence electrons.